The molecule has 0 aliphatic rings. The summed E-state index contributed by atoms with van der Waals surface area (Å²) in [6.45, 7) is 0. The molecule has 0 saturated carbocycles. The molecule has 0 aliphatic heterocycles. The Kier molecular flexibility index (Phi) is 3.17. The van der Waals surface area contributed by atoms with E-state index >= 15 is 0 Å². The van der Waals surface area contributed by atoms with Gasteiger partial charge in [0.1, 0.15) is 5.82 Å². The molecule has 0 unspecified atom stereocenters. The lowest BCUT2D eigenvalue weighted by molar-refractivity contribution is 0.632. The second kappa shape index (κ2) is 4.38. The van der Waals surface area contributed by atoms with Crippen molar-refractivity contribution in [2.45, 2.75) is 0 Å². The highest BCUT2D eigenvalue weighted by molar-refractivity contribution is 7.80. The fourth-order valence-electron chi connectivity index (χ4n) is 0.767. The van der Waals surface area contributed by atoms with Gasteiger partial charge in [-0.05, 0) is 24.4 Å². The maximum absolute atomic E-state index is 13.0. The van der Waals surface area contributed by atoms with Crippen LogP contribution >= 0.6 is 12.2 Å². The molecule has 0 atom stereocenters. The van der Waals surface area contributed by atoms with Crippen molar-refractivity contribution in [1.82, 2.24) is 5.32 Å². The van der Waals surface area contributed by atoms with Crippen molar-refractivity contribution < 1.29 is 4.39 Å². The van der Waals surface area contributed by atoms with Crippen molar-refractivity contribution in [3.63, 3.8) is 0 Å². The summed E-state index contributed by atoms with van der Waals surface area (Å²) >= 11 is 4.68. The quantitative estimate of drug-likeness (QED) is 0.406. The molecule has 0 saturated heterocycles. The Morgan fingerprint density at radius 3 is 2.77 bits per heavy atom. The van der Waals surface area contributed by atoms with Crippen LogP contribution in [-0.4, -0.2) is 5.11 Å². The summed E-state index contributed by atoms with van der Waals surface area (Å²) in [4.78, 5) is 0. The van der Waals surface area contributed by atoms with Gasteiger partial charge in [-0.3, -0.25) is 5.32 Å². The second-order valence-corrected chi connectivity index (χ2v) is 2.58. The zero-order valence-corrected chi connectivity index (χ0v) is 7.36. The Morgan fingerprint density at radius 2 is 2.15 bits per heavy atom. The number of anilines is 1. The van der Waals surface area contributed by atoms with Crippen LogP contribution in [0.4, 0.5) is 10.1 Å². The van der Waals surface area contributed by atoms with Crippen molar-refractivity contribution in [3.05, 3.63) is 30.1 Å². The number of rotatable bonds is 1. The van der Waals surface area contributed by atoms with Crippen molar-refractivity contribution in [2.75, 3.05) is 5.32 Å². The van der Waals surface area contributed by atoms with Crippen LogP contribution in [-0.2, 0) is 0 Å². The molecule has 0 amide bonds. The Hall–Kier alpha value is -1.67. The van der Waals surface area contributed by atoms with Gasteiger partial charge in [0.25, 0.3) is 0 Å². The number of hydrogen-bond acceptors (Lipinski definition) is 2. The standard InChI is InChI=1S/C8H6FN3S/c9-6-3-1-2-4-7(6)12-8(13)11-5-10/h1-4H,(H2,11,12,13). The molecule has 5 heteroatoms. The largest absolute Gasteiger partial charge is 0.330 e. The van der Waals surface area contributed by atoms with E-state index in [0.717, 1.165) is 0 Å². The highest BCUT2D eigenvalue weighted by Gasteiger charge is 2.00. The first-order valence-corrected chi connectivity index (χ1v) is 3.85. The van der Waals surface area contributed by atoms with Crippen LogP contribution in [0.1, 0.15) is 0 Å². The number of para-hydroxylation sites is 1. The molecule has 1 aromatic rings. The number of thiocarbonyl (C=S) groups is 1. The predicted molar refractivity (Wildman–Crippen MR) is 51.4 cm³/mol. The topological polar surface area (TPSA) is 47.9 Å². The van der Waals surface area contributed by atoms with Crippen LogP contribution in [0, 0.1) is 17.3 Å². The molecule has 2 N–H and O–H groups in total. The van der Waals surface area contributed by atoms with E-state index in [1.165, 1.54) is 12.1 Å². The van der Waals surface area contributed by atoms with Gasteiger partial charge in [-0.1, -0.05) is 12.1 Å². The molecule has 0 bridgehead atoms. The van der Waals surface area contributed by atoms with Gasteiger partial charge in [0.2, 0.25) is 0 Å². The van der Waals surface area contributed by atoms with Gasteiger partial charge in [0.05, 0.1) is 5.69 Å². The highest BCUT2D eigenvalue weighted by Crippen LogP contribution is 2.11. The van der Waals surface area contributed by atoms with Gasteiger partial charge in [-0.15, -0.1) is 0 Å². The first-order valence-electron chi connectivity index (χ1n) is 3.44. The lowest BCUT2D eigenvalue weighted by Crippen LogP contribution is -2.24. The highest BCUT2D eigenvalue weighted by atomic mass is 32.1. The molecule has 0 fully saturated rings. The lowest BCUT2D eigenvalue weighted by atomic mass is 10.3. The Bertz CT molecular complexity index is 359. The second-order valence-electron chi connectivity index (χ2n) is 2.17. The van der Waals surface area contributed by atoms with E-state index in [1.54, 1.807) is 18.3 Å². The van der Waals surface area contributed by atoms with Gasteiger partial charge in [0, 0.05) is 0 Å². The zero-order chi connectivity index (χ0) is 9.68. The monoisotopic (exact) mass is 195 g/mol. The third kappa shape index (κ3) is 2.69. The molecule has 0 aromatic heterocycles. The molecule has 3 nitrogen and oxygen atoms in total. The molecule has 0 heterocycles. The van der Waals surface area contributed by atoms with Crippen molar-refractivity contribution in [3.8, 4) is 6.19 Å². The Balaban J connectivity index is 2.70. The van der Waals surface area contributed by atoms with Crippen LogP contribution < -0.4 is 10.6 Å². The third-order valence-corrected chi connectivity index (χ3v) is 1.50. The van der Waals surface area contributed by atoms with Gasteiger partial charge in [0.15, 0.2) is 11.3 Å². The van der Waals surface area contributed by atoms with E-state index < -0.39 is 5.82 Å². The van der Waals surface area contributed by atoms with Crippen LogP contribution in [0.2, 0.25) is 0 Å². The van der Waals surface area contributed by atoms with E-state index in [-0.39, 0.29) is 10.8 Å². The van der Waals surface area contributed by atoms with Crippen LogP contribution in [0.25, 0.3) is 0 Å². The van der Waals surface area contributed by atoms with E-state index in [0.29, 0.717) is 0 Å². The Labute approximate surface area is 80.2 Å². The predicted octanol–water partition coefficient (Wildman–Crippen LogP) is 1.59. The van der Waals surface area contributed by atoms with E-state index in [9.17, 15) is 4.39 Å². The molecule has 66 valence electrons. The summed E-state index contributed by atoms with van der Waals surface area (Å²) in [6, 6.07) is 6.07. The number of nitriles is 1. The summed E-state index contributed by atoms with van der Waals surface area (Å²) in [5.74, 6) is -0.412. The van der Waals surface area contributed by atoms with Gasteiger partial charge in [-0.2, -0.15) is 5.26 Å². The summed E-state index contributed by atoms with van der Waals surface area (Å²) < 4.78 is 13.0. The van der Waals surface area contributed by atoms with E-state index in [1.807, 2.05) is 0 Å². The summed E-state index contributed by atoms with van der Waals surface area (Å²) in [5.41, 5.74) is 0.246. The van der Waals surface area contributed by atoms with Crippen LogP contribution in [0.15, 0.2) is 24.3 Å². The summed E-state index contributed by atoms with van der Waals surface area (Å²) in [5, 5.41) is 13.0. The first kappa shape index (κ1) is 9.42. The number of hydrogen-bond donors (Lipinski definition) is 2. The van der Waals surface area contributed by atoms with Gasteiger partial charge in [-0.25, -0.2) is 4.39 Å². The van der Waals surface area contributed by atoms with E-state index in [2.05, 4.69) is 22.9 Å². The fourth-order valence-corrected chi connectivity index (χ4v) is 0.923. The summed E-state index contributed by atoms with van der Waals surface area (Å²) in [7, 11) is 0. The number of nitrogens with one attached hydrogen (secondary N) is 2. The average molecular weight is 195 g/mol. The maximum Gasteiger partial charge on any atom is 0.184 e. The van der Waals surface area contributed by atoms with Crippen molar-refractivity contribution in [1.29, 1.82) is 5.26 Å². The van der Waals surface area contributed by atoms with Gasteiger partial charge < -0.3 is 5.32 Å². The van der Waals surface area contributed by atoms with E-state index in [4.69, 9.17) is 5.26 Å². The minimum Gasteiger partial charge on any atom is -0.330 e. The smallest absolute Gasteiger partial charge is 0.184 e. The van der Waals surface area contributed by atoms with Crippen LogP contribution in [0.3, 0.4) is 0 Å². The lowest BCUT2D eigenvalue weighted by Gasteiger charge is -2.05. The Morgan fingerprint density at radius 1 is 1.46 bits per heavy atom. The SMILES string of the molecule is N#CNC(=S)Nc1ccccc1F. The molecule has 13 heavy (non-hydrogen) atoms. The minimum atomic E-state index is -0.412. The molecule has 1 aromatic carbocycles. The fraction of sp³-hybridized carbons (Fsp3) is 0. The minimum absolute atomic E-state index is 0.0765. The maximum atomic E-state index is 13.0. The van der Waals surface area contributed by atoms with Crippen LogP contribution in [0.5, 0.6) is 0 Å². The average Bonchev–Trinajstić information content (AvgIpc) is 2.09. The first-order chi connectivity index (χ1) is 6.24. The zero-order valence-electron chi connectivity index (χ0n) is 6.54. The third-order valence-electron chi connectivity index (χ3n) is 1.29. The number of benzene rings is 1. The van der Waals surface area contributed by atoms with Crippen molar-refractivity contribution >= 4 is 23.0 Å². The molecule has 0 aliphatic carbocycles. The molecule has 0 spiro atoms. The molecular formula is C8H6FN3S. The van der Waals surface area contributed by atoms with Gasteiger partial charge >= 0.3 is 0 Å². The molecule has 0 radical (unpaired) electrons. The molecule has 1 rings (SSSR count). The molecular weight excluding hydrogens is 189 g/mol. The van der Waals surface area contributed by atoms with Crippen molar-refractivity contribution in [2.24, 2.45) is 0 Å². The number of halogens is 1. The summed E-state index contributed by atoms with van der Waals surface area (Å²) in [6.07, 6.45) is 1.63. The normalized spacial score (nSPS) is 8.62. The number of nitrogens with zero attached hydrogens (tertiary/aromatic N) is 1.